The van der Waals surface area contributed by atoms with E-state index in [-0.39, 0.29) is 18.2 Å². The molecule has 2 amide bonds. The van der Waals surface area contributed by atoms with E-state index >= 15 is 0 Å². The van der Waals surface area contributed by atoms with Crippen LogP contribution < -0.4 is 10.9 Å². The molecule has 21 heavy (non-hydrogen) atoms. The van der Waals surface area contributed by atoms with Crippen molar-refractivity contribution in [3.8, 4) is 0 Å². The summed E-state index contributed by atoms with van der Waals surface area (Å²) in [5, 5.41) is 8.42. The lowest BCUT2D eigenvalue weighted by molar-refractivity contribution is -0.127. The molecule has 0 saturated carbocycles. The van der Waals surface area contributed by atoms with Gasteiger partial charge in [0.2, 0.25) is 11.8 Å². The number of halogens is 2. The Morgan fingerprint density at radius 3 is 2.86 bits per heavy atom. The van der Waals surface area contributed by atoms with Gasteiger partial charge in [-0.15, -0.1) is 0 Å². The van der Waals surface area contributed by atoms with Crippen LogP contribution in [0.2, 0.25) is 10.0 Å². The molecule has 1 aromatic carbocycles. The number of nitrogens with zero attached hydrogens (tertiary/aromatic N) is 2. The van der Waals surface area contributed by atoms with Crippen molar-refractivity contribution < 1.29 is 9.59 Å². The maximum atomic E-state index is 11.7. The van der Waals surface area contributed by atoms with Gasteiger partial charge >= 0.3 is 0 Å². The molecule has 2 rings (SSSR count). The van der Waals surface area contributed by atoms with Gasteiger partial charge in [0.15, 0.2) is 0 Å². The second-order valence-electron chi connectivity index (χ2n) is 4.45. The number of rotatable bonds is 4. The summed E-state index contributed by atoms with van der Waals surface area (Å²) in [6.07, 6.45) is 1.44. The molecule has 1 aliphatic rings. The van der Waals surface area contributed by atoms with Gasteiger partial charge in [-0.05, 0) is 24.6 Å². The van der Waals surface area contributed by atoms with Crippen LogP contribution in [0.4, 0.5) is 0 Å². The van der Waals surface area contributed by atoms with E-state index in [0.29, 0.717) is 21.3 Å². The highest BCUT2D eigenvalue weighted by molar-refractivity contribution is 6.42. The first-order valence-corrected chi connectivity index (χ1v) is 6.84. The molecule has 0 spiro atoms. The van der Waals surface area contributed by atoms with Gasteiger partial charge in [-0.25, -0.2) is 10.9 Å². The molecule has 1 heterocycles. The maximum absolute atomic E-state index is 11.7. The smallest absolute Gasteiger partial charge is 0.249 e. The van der Waals surface area contributed by atoms with Crippen molar-refractivity contribution in [2.45, 2.75) is 13.3 Å². The standard InChI is InChI=1S/C13H12Cl2N4O2/c1-7-9(13(21)19-17-7)5-12(20)18-16-6-8-2-3-10(14)11(15)4-8/h2-4,6,9H,5H2,1H3,(H,18,20)(H,19,21). The van der Waals surface area contributed by atoms with Crippen LogP contribution in [0.15, 0.2) is 28.4 Å². The normalized spacial score (nSPS) is 17.8. The fourth-order valence-electron chi connectivity index (χ4n) is 1.73. The summed E-state index contributed by atoms with van der Waals surface area (Å²) in [5.41, 5.74) is 5.96. The Morgan fingerprint density at radius 2 is 2.24 bits per heavy atom. The lowest BCUT2D eigenvalue weighted by Gasteiger charge is -2.05. The van der Waals surface area contributed by atoms with Crippen molar-refractivity contribution in [2.24, 2.45) is 16.1 Å². The number of hydrogen-bond acceptors (Lipinski definition) is 4. The van der Waals surface area contributed by atoms with Crippen LogP contribution in [0.3, 0.4) is 0 Å². The van der Waals surface area contributed by atoms with Gasteiger partial charge in [-0.1, -0.05) is 29.3 Å². The van der Waals surface area contributed by atoms with E-state index in [1.807, 2.05) is 0 Å². The number of benzene rings is 1. The van der Waals surface area contributed by atoms with Crippen LogP contribution in [0, 0.1) is 5.92 Å². The predicted molar refractivity (Wildman–Crippen MR) is 81.6 cm³/mol. The van der Waals surface area contributed by atoms with Gasteiger partial charge < -0.3 is 0 Å². The number of amides is 2. The summed E-state index contributed by atoms with van der Waals surface area (Å²) in [6.45, 7) is 1.69. The summed E-state index contributed by atoms with van der Waals surface area (Å²) >= 11 is 11.7. The van der Waals surface area contributed by atoms with Gasteiger partial charge in [-0.3, -0.25) is 9.59 Å². The van der Waals surface area contributed by atoms with Gasteiger partial charge in [0.1, 0.15) is 0 Å². The minimum atomic E-state index is -0.537. The van der Waals surface area contributed by atoms with E-state index in [2.05, 4.69) is 21.1 Å². The summed E-state index contributed by atoms with van der Waals surface area (Å²) in [4.78, 5) is 23.1. The molecule has 0 bridgehead atoms. The van der Waals surface area contributed by atoms with Crippen molar-refractivity contribution in [1.82, 2.24) is 10.9 Å². The first-order chi connectivity index (χ1) is 9.97. The van der Waals surface area contributed by atoms with E-state index in [1.165, 1.54) is 6.21 Å². The first-order valence-electron chi connectivity index (χ1n) is 6.08. The van der Waals surface area contributed by atoms with Crippen molar-refractivity contribution in [1.29, 1.82) is 0 Å². The van der Waals surface area contributed by atoms with E-state index in [9.17, 15) is 9.59 Å². The number of hydrazone groups is 2. The fraction of sp³-hybridized carbons (Fsp3) is 0.231. The predicted octanol–water partition coefficient (Wildman–Crippen LogP) is 1.96. The highest BCUT2D eigenvalue weighted by Crippen LogP contribution is 2.21. The number of carbonyl (C=O) groups is 2. The zero-order valence-corrected chi connectivity index (χ0v) is 12.6. The molecule has 8 heteroatoms. The molecule has 0 aliphatic carbocycles. The summed E-state index contributed by atoms with van der Waals surface area (Å²) in [7, 11) is 0. The topological polar surface area (TPSA) is 82.9 Å². The van der Waals surface area contributed by atoms with Gasteiger partial charge in [0, 0.05) is 12.1 Å². The Morgan fingerprint density at radius 1 is 1.48 bits per heavy atom. The molecule has 1 atom stereocenters. The zero-order chi connectivity index (χ0) is 15.4. The number of nitrogens with one attached hydrogen (secondary N) is 2. The fourth-order valence-corrected chi connectivity index (χ4v) is 2.04. The summed E-state index contributed by atoms with van der Waals surface area (Å²) in [6, 6.07) is 4.97. The van der Waals surface area contributed by atoms with Gasteiger partial charge in [-0.2, -0.15) is 10.2 Å². The molecular weight excluding hydrogens is 315 g/mol. The Bertz CT molecular complexity index is 643. The Labute approximate surface area is 131 Å². The van der Waals surface area contributed by atoms with Gasteiger partial charge in [0.05, 0.1) is 22.2 Å². The molecule has 1 aliphatic heterocycles. The molecule has 0 saturated heterocycles. The Kier molecular flexibility index (Phi) is 4.93. The zero-order valence-electron chi connectivity index (χ0n) is 11.1. The number of carbonyl (C=O) groups excluding carboxylic acids is 2. The highest BCUT2D eigenvalue weighted by Gasteiger charge is 2.28. The summed E-state index contributed by atoms with van der Waals surface area (Å²) < 4.78 is 0. The molecule has 6 nitrogen and oxygen atoms in total. The number of hydrogen-bond donors (Lipinski definition) is 2. The second kappa shape index (κ2) is 6.69. The third kappa shape index (κ3) is 4.03. The van der Waals surface area contributed by atoms with Crippen LogP contribution in [-0.4, -0.2) is 23.7 Å². The van der Waals surface area contributed by atoms with Crippen LogP contribution >= 0.6 is 23.2 Å². The van der Waals surface area contributed by atoms with Crippen LogP contribution in [-0.2, 0) is 9.59 Å². The van der Waals surface area contributed by atoms with Crippen molar-refractivity contribution in [2.75, 3.05) is 0 Å². The monoisotopic (exact) mass is 326 g/mol. The molecule has 0 fully saturated rings. The van der Waals surface area contributed by atoms with E-state index < -0.39 is 5.92 Å². The van der Waals surface area contributed by atoms with Crippen molar-refractivity contribution in [3.05, 3.63) is 33.8 Å². The minimum Gasteiger partial charge on any atom is -0.273 e. The summed E-state index contributed by atoms with van der Waals surface area (Å²) in [5.74, 6) is -1.19. The minimum absolute atomic E-state index is 0.000118. The largest absolute Gasteiger partial charge is 0.273 e. The molecule has 2 N–H and O–H groups in total. The van der Waals surface area contributed by atoms with E-state index in [0.717, 1.165) is 0 Å². The lowest BCUT2D eigenvalue weighted by Crippen LogP contribution is -2.29. The van der Waals surface area contributed by atoms with Gasteiger partial charge in [0.25, 0.3) is 0 Å². The lowest BCUT2D eigenvalue weighted by atomic mass is 10.0. The van der Waals surface area contributed by atoms with Crippen LogP contribution in [0.1, 0.15) is 18.9 Å². The molecule has 110 valence electrons. The quantitative estimate of drug-likeness (QED) is 0.654. The van der Waals surface area contributed by atoms with Crippen molar-refractivity contribution in [3.63, 3.8) is 0 Å². The Balaban J connectivity index is 1.89. The van der Waals surface area contributed by atoms with E-state index in [1.54, 1.807) is 25.1 Å². The molecule has 1 unspecified atom stereocenters. The van der Waals surface area contributed by atoms with Crippen LogP contribution in [0.25, 0.3) is 0 Å². The molecule has 0 radical (unpaired) electrons. The third-order valence-corrected chi connectivity index (χ3v) is 3.64. The molecular formula is C13H12Cl2N4O2. The van der Waals surface area contributed by atoms with Crippen LogP contribution in [0.5, 0.6) is 0 Å². The third-order valence-electron chi connectivity index (χ3n) is 2.90. The molecule has 0 aromatic heterocycles. The van der Waals surface area contributed by atoms with E-state index in [4.69, 9.17) is 23.2 Å². The highest BCUT2D eigenvalue weighted by atomic mass is 35.5. The first kappa shape index (κ1) is 15.5. The average Bonchev–Trinajstić information content (AvgIpc) is 2.75. The van der Waals surface area contributed by atoms with Crippen molar-refractivity contribution >= 4 is 46.9 Å². The maximum Gasteiger partial charge on any atom is 0.249 e. The molecule has 1 aromatic rings. The second-order valence-corrected chi connectivity index (χ2v) is 5.27. The Hall–Kier alpha value is -1.92. The SMILES string of the molecule is CC1=NNC(=O)C1CC(=O)NN=Cc1ccc(Cl)c(Cl)c1. The average molecular weight is 327 g/mol.